The van der Waals surface area contributed by atoms with E-state index in [1.807, 2.05) is 0 Å². The van der Waals surface area contributed by atoms with Gasteiger partial charge in [0.1, 0.15) is 6.10 Å². The van der Waals surface area contributed by atoms with Crippen LogP contribution in [0.5, 0.6) is 0 Å². The molecule has 178 valence electrons. The van der Waals surface area contributed by atoms with E-state index in [0.29, 0.717) is 31.4 Å². The summed E-state index contributed by atoms with van der Waals surface area (Å²) in [5, 5.41) is 0. The Labute approximate surface area is 183 Å². The summed E-state index contributed by atoms with van der Waals surface area (Å²) in [6.07, 6.45) is 0.121. The fourth-order valence-electron chi connectivity index (χ4n) is 5.19. The van der Waals surface area contributed by atoms with Crippen LogP contribution >= 0.6 is 0 Å². The van der Waals surface area contributed by atoms with E-state index in [4.69, 9.17) is 9.47 Å². The van der Waals surface area contributed by atoms with E-state index >= 15 is 0 Å². The lowest BCUT2D eigenvalue weighted by atomic mass is 9.65. The molecule has 0 amide bonds. The van der Waals surface area contributed by atoms with E-state index in [9.17, 15) is 22.8 Å². The summed E-state index contributed by atoms with van der Waals surface area (Å²) in [5.41, 5.74) is -3.79. The summed E-state index contributed by atoms with van der Waals surface area (Å²) in [6, 6.07) is 0. The monoisotopic (exact) mass is 446 g/mol. The van der Waals surface area contributed by atoms with Crippen LogP contribution in [0.3, 0.4) is 0 Å². The summed E-state index contributed by atoms with van der Waals surface area (Å²) in [4.78, 5) is 25.7. The maximum absolute atomic E-state index is 14.3. The van der Waals surface area contributed by atoms with Crippen molar-refractivity contribution in [2.24, 2.45) is 28.6 Å². The van der Waals surface area contributed by atoms with Crippen molar-refractivity contribution >= 4 is 11.9 Å². The Morgan fingerprint density at radius 2 is 1.68 bits per heavy atom. The summed E-state index contributed by atoms with van der Waals surface area (Å²) in [7, 11) is 0. The van der Waals surface area contributed by atoms with Gasteiger partial charge < -0.3 is 9.47 Å². The molecule has 2 fully saturated rings. The van der Waals surface area contributed by atoms with E-state index in [1.165, 1.54) is 20.8 Å². The average Bonchev–Trinajstić information content (AvgIpc) is 3.21. The lowest BCUT2D eigenvalue weighted by Crippen LogP contribution is -2.54. The molecule has 0 radical (unpaired) electrons. The molecule has 2 saturated carbocycles. The highest BCUT2D eigenvalue weighted by Crippen LogP contribution is 2.55. The molecule has 31 heavy (non-hydrogen) atoms. The fraction of sp³-hybridized carbons (Fsp3) is 0.833. The van der Waals surface area contributed by atoms with Crippen LogP contribution in [0.25, 0.3) is 0 Å². The van der Waals surface area contributed by atoms with Gasteiger partial charge in [-0.2, -0.15) is 13.2 Å². The number of ether oxygens (including phenoxy) is 2. The van der Waals surface area contributed by atoms with Crippen LogP contribution < -0.4 is 0 Å². The van der Waals surface area contributed by atoms with Crippen molar-refractivity contribution in [3.05, 3.63) is 11.6 Å². The van der Waals surface area contributed by atoms with E-state index < -0.39 is 35.0 Å². The van der Waals surface area contributed by atoms with Crippen molar-refractivity contribution in [3.8, 4) is 0 Å². The minimum absolute atomic E-state index is 0.175. The Bertz CT molecular complexity index is 672. The quantitative estimate of drug-likeness (QED) is 0.252. The van der Waals surface area contributed by atoms with Crippen molar-refractivity contribution in [2.45, 2.75) is 92.3 Å². The van der Waals surface area contributed by atoms with Crippen molar-refractivity contribution in [1.29, 1.82) is 0 Å². The fourth-order valence-corrected chi connectivity index (χ4v) is 5.19. The van der Waals surface area contributed by atoms with Crippen molar-refractivity contribution in [2.75, 3.05) is 6.61 Å². The van der Waals surface area contributed by atoms with Gasteiger partial charge in [0.15, 0.2) is 5.41 Å². The number of hydrogen-bond donors (Lipinski definition) is 0. The van der Waals surface area contributed by atoms with E-state index in [-0.39, 0.29) is 17.8 Å². The molecule has 0 aromatic carbocycles. The largest absolute Gasteiger partial charge is 0.465 e. The van der Waals surface area contributed by atoms with Crippen LogP contribution in [-0.2, 0) is 19.1 Å². The summed E-state index contributed by atoms with van der Waals surface area (Å²) in [5.74, 6) is -2.09. The number of alkyl halides is 3. The van der Waals surface area contributed by atoms with Gasteiger partial charge in [-0.1, -0.05) is 52.2 Å². The third-order valence-electron chi connectivity index (χ3n) is 6.76. The standard InChI is InChI=1S/C24H37F3O4/c1-7-8-9-10-30-20(28)18-12-16-11-17(18)19(13-16)31-21(29)23(14-15(2)3,22(4,5)6)24(25,26)27/h14,16-19H,7-13H2,1-6H3. The van der Waals surface area contributed by atoms with Gasteiger partial charge in [-0.3, -0.25) is 9.59 Å². The zero-order chi connectivity index (χ0) is 23.6. The first-order valence-electron chi connectivity index (χ1n) is 11.3. The Hall–Kier alpha value is -1.53. The van der Waals surface area contributed by atoms with Gasteiger partial charge in [0.2, 0.25) is 0 Å². The third-order valence-corrected chi connectivity index (χ3v) is 6.76. The second kappa shape index (κ2) is 9.53. The van der Waals surface area contributed by atoms with E-state index in [2.05, 4.69) is 6.92 Å². The average molecular weight is 447 g/mol. The highest BCUT2D eigenvalue weighted by Gasteiger charge is 2.67. The molecule has 7 heteroatoms. The third kappa shape index (κ3) is 5.28. The molecule has 0 saturated heterocycles. The normalized spacial score (nSPS) is 27.5. The number of carbonyl (C=O) groups excluding carboxylic acids is 2. The first kappa shape index (κ1) is 25.7. The maximum Gasteiger partial charge on any atom is 0.408 e. The lowest BCUT2D eigenvalue weighted by Gasteiger charge is -2.43. The van der Waals surface area contributed by atoms with Gasteiger partial charge in [0, 0.05) is 5.92 Å². The number of esters is 2. The number of hydrogen-bond acceptors (Lipinski definition) is 4. The number of allylic oxidation sites excluding steroid dienone is 1. The molecule has 4 nitrogen and oxygen atoms in total. The number of fused-ring (bicyclic) bond motifs is 2. The SMILES string of the molecule is CCCCCOC(=O)C1CC2CC(OC(=O)C(C=C(C)C)(C(C)(C)C)C(F)(F)F)C1C2. The smallest absolute Gasteiger partial charge is 0.408 e. The molecule has 0 aromatic heterocycles. The predicted molar refractivity (Wildman–Crippen MR) is 112 cm³/mol. The van der Waals surface area contributed by atoms with Crippen LogP contribution in [0.15, 0.2) is 11.6 Å². The molecule has 0 aliphatic heterocycles. The second-order valence-electron chi connectivity index (χ2n) is 10.4. The minimum atomic E-state index is -4.81. The zero-order valence-electron chi connectivity index (χ0n) is 19.6. The molecule has 2 bridgehead atoms. The molecule has 5 atom stereocenters. The Morgan fingerprint density at radius 1 is 1.03 bits per heavy atom. The second-order valence-corrected chi connectivity index (χ2v) is 10.4. The van der Waals surface area contributed by atoms with Crippen molar-refractivity contribution in [1.82, 2.24) is 0 Å². The van der Waals surface area contributed by atoms with Gasteiger partial charge in [-0.15, -0.1) is 0 Å². The number of rotatable bonds is 8. The molecule has 0 N–H and O–H groups in total. The number of unbranched alkanes of at least 4 members (excludes halogenated alkanes) is 2. The van der Waals surface area contributed by atoms with Crippen LogP contribution in [0.2, 0.25) is 0 Å². The Morgan fingerprint density at radius 3 is 2.16 bits per heavy atom. The van der Waals surface area contributed by atoms with Crippen LogP contribution in [0, 0.1) is 28.6 Å². The Balaban J connectivity index is 2.19. The van der Waals surface area contributed by atoms with Gasteiger partial charge in [-0.05, 0) is 50.9 Å². The molecule has 0 heterocycles. The highest BCUT2D eigenvalue weighted by molar-refractivity contribution is 5.82. The first-order valence-corrected chi connectivity index (χ1v) is 11.3. The molecule has 0 spiro atoms. The zero-order valence-corrected chi connectivity index (χ0v) is 19.6. The Kier molecular flexibility index (Phi) is 7.91. The molecule has 5 unspecified atom stereocenters. The van der Waals surface area contributed by atoms with Crippen molar-refractivity contribution < 1.29 is 32.2 Å². The lowest BCUT2D eigenvalue weighted by molar-refractivity contribution is -0.248. The predicted octanol–water partition coefficient (Wildman–Crippen LogP) is 6.24. The molecule has 2 aliphatic rings. The number of halogens is 3. The van der Waals surface area contributed by atoms with Gasteiger partial charge in [0.25, 0.3) is 0 Å². The molecule has 2 aliphatic carbocycles. The summed E-state index contributed by atoms with van der Waals surface area (Å²) < 4.78 is 54.0. The minimum Gasteiger partial charge on any atom is -0.465 e. The van der Waals surface area contributed by atoms with Crippen LogP contribution in [-0.4, -0.2) is 30.8 Å². The maximum atomic E-state index is 14.3. The molecular weight excluding hydrogens is 409 g/mol. The van der Waals surface area contributed by atoms with E-state index in [1.54, 1.807) is 13.8 Å². The molecule has 0 aromatic rings. The highest BCUT2D eigenvalue weighted by atomic mass is 19.4. The first-order chi connectivity index (χ1) is 14.2. The van der Waals surface area contributed by atoms with Gasteiger partial charge in [-0.25, -0.2) is 0 Å². The van der Waals surface area contributed by atoms with Gasteiger partial charge in [0.05, 0.1) is 12.5 Å². The van der Waals surface area contributed by atoms with Crippen LogP contribution in [0.1, 0.15) is 80.1 Å². The summed E-state index contributed by atoms with van der Waals surface area (Å²) >= 11 is 0. The van der Waals surface area contributed by atoms with Crippen LogP contribution in [0.4, 0.5) is 13.2 Å². The molecule has 2 rings (SSSR count). The topological polar surface area (TPSA) is 52.6 Å². The van der Waals surface area contributed by atoms with Gasteiger partial charge >= 0.3 is 18.1 Å². The van der Waals surface area contributed by atoms with E-state index in [0.717, 1.165) is 25.3 Å². The number of carbonyl (C=O) groups is 2. The summed E-state index contributed by atoms with van der Waals surface area (Å²) in [6.45, 7) is 9.70. The molecular formula is C24H37F3O4. The van der Waals surface area contributed by atoms with Crippen molar-refractivity contribution in [3.63, 3.8) is 0 Å².